The molecule has 0 aliphatic rings. The Morgan fingerprint density at radius 1 is 1.22 bits per heavy atom. The number of nitrogens with zero attached hydrogens (tertiary/aromatic N) is 1. The van der Waals surface area contributed by atoms with Crippen LogP contribution in [0, 0.1) is 0 Å². The van der Waals surface area contributed by atoms with Crippen LogP contribution in [0.5, 0.6) is 5.75 Å². The summed E-state index contributed by atoms with van der Waals surface area (Å²) in [6.45, 7) is 0. The molecule has 18 heavy (non-hydrogen) atoms. The molecule has 3 nitrogen and oxygen atoms in total. The maximum absolute atomic E-state index is 13.8. The predicted molar refractivity (Wildman–Crippen MR) is 67.3 cm³/mol. The van der Waals surface area contributed by atoms with E-state index < -0.39 is 6.11 Å². The van der Waals surface area contributed by atoms with Gasteiger partial charge >= 0.3 is 6.11 Å². The van der Waals surface area contributed by atoms with Gasteiger partial charge < -0.3 is 10.5 Å². The lowest BCUT2D eigenvalue weighted by Gasteiger charge is -2.18. The van der Waals surface area contributed by atoms with Crippen molar-refractivity contribution in [3.8, 4) is 5.75 Å². The molecule has 2 aromatic rings. The molecular formula is C12H9BrF2N2O. The minimum absolute atomic E-state index is 0.0891. The fraction of sp³-hybridized carbons (Fsp3) is 0.0833. The highest BCUT2D eigenvalue weighted by Crippen LogP contribution is 2.34. The number of hydrogen-bond acceptors (Lipinski definition) is 3. The van der Waals surface area contributed by atoms with Crippen LogP contribution < -0.4 is 10.5 Å². The van der Waals surface area contributed by atoms with Gasteiger partial charge in [0.05, 0.1) is 5.56 Å². The van der Waals surface area contributed by atoms with Gasteiger partial charge in [-0.05, 0) is 28.1 Å². The molecule has 0 spiro atoms. The van der Waals surface area contributed by atoms with E-state index in [1.807, 2.05) is 0 Å². The highest BCUT2D eigenvalue weighted by molar-refractivity contribution is 9.10. The number of ether oxygens (including phenoxy) is 1. The zero-order chi connectivity index (χ0) is 13.2. The predicted octanol–water partition coefficient (Wildman–Crippen LogP) is 3.55. The van der Waals surface area contributed by atoms with Gasteiger partial charge in [0.15, 0.2) is 11.6 Å². The van der Waals surface area contributed by atoms with E-state index in [-0.39, 0.29) is 17.1 Å². The number of nitrogen functional groups attached to an aromatic ring is 1. The van der Waals surface area contributed by atoms with Crippen LogP contribution in [0.4, 0.5) is 14.6 Å². The van der Waals surface area contributed by atoms with Gasteiger partial charge in [0.1, 0.15) is 0 Å². The number of aromatic nitrogens is 1. The van der Waals surface area contributed by atoms with Crippen molar-refractivity contribution in [2.75, 3.05) is 5.73 Å². The molecule has 0 fully saturated rings. The van der Waals surface area contributed by atoms with Gasteiger partial charge in [0, 0.05) is 16.7 Å². The molecule has 1 heterocycles. The lowest BCUT2D eigenvalue weighted by molar-refractivity contribution is -0.185. The van der Waals surface area contributed by atoms with Crippen LogP contribution in [0.1, 0.15) is 5.56 Å². The summed E-state index contributed by atoms with van der Waals surface area (Å²) < 4.78 is 32.8. The molecule has 6 heteroatoms. The number of alkyl halides is 2. The zero-order valence-electron chi connectivity index (χ0n) is 9.11. The second-order valence-corrected chi connectivity index (χ2v) is 4.44. The first kappa shape index (κ1) is 12.8. The normalized spacial score (nSPS) is 11.3. The fourth-order valence-corrected chi connectivity index (χ4v) is 1.65. The molecule has 0 saturated carbocycles. The lowest BCUT2D eigenvalue weighted by atomic mass is 10.2. The standard InChI is InChI=1S/C12H9BrF2N2O/c13-9-6-10(11(16)17-7-9)18-12(14,15)8-4-2-1-3-5-8/h1-7H,(H2,16,17). The summed E-state index contributed by atoms with van der Waals surface area (Å²) in [6.07, 6.45) is -2.05. The van der Waals surface area contributed by atoms with E-state index in [0.29, 0.717) is 4.47 Å². The Kier molecular flexibility index (Phi) is 3.47. The Labute approximate surface area is 111 Å². The van der Waals surface area contributed by atoms with Crippen LogP contribution in [0.3, 0.4) is 0 Å². The first-order chi connectivity index (χ1) is 8.49. The van der Waals surface area contributed by atoms with Gasteiger partial charge in [0.25, 0.3) is 0 Å². The van der Waals surface area contributed by atoms with E-state index in [2.05, 4.69) is 25.7 Å². The average molecular weight is 315 g/mol. The molecule has 0 radical (unpaired) electrons. The van der Waals surface area contributed by atoms with Crippen molar-refractivity contribution in [1.29, 1.82) is 0 Å². The molecule has 0 aliphatic carbocycles. The highest BCUT2D eigenvalue weighted by Gasteiger charge is 2.35. The van der Waals surface area contributed by atoms with E-state index >= 15 is 0 Å². The van der Waals surface area contributed by atoms with E-state index in [9.17, 15) is 8.78 Å². The van der Waals surface area contributed by atoms with Gasteiger partial charge in [0.2, 0.25) is 0 Å². The summed E-state index contributed by atoms with van der Waals surface area (Å²) in [5, 5.41) is 0. The van der Waals surface area contributed by atoms with Crippen LogP contribution in [-0.2, 0) is 6.11 Å². The number of hydrogen-bond donors (Lipinski definition) is 1. The largest absolute Gasteiger partial charge is 0.426 e. The minimum atomic E-state index is -3.46. The number of halogens is 3. The fourth-order valence-electron chi connectivity index (χ4n) is 1.34. The number of benzene rings is 1. The van der Waals surface area contributed by atoms with Crippen LogP contribution in [-0.4, -0.2) is 4.98 Å². The van der Waals surface area contributed by atoms with Crippen molar-refractivity contribution in [3.05, 3.63) is 52.6 Å². The first-order valence-electron chi connectivity index (χ1n) is 5.02. The molecule has 2 N–H and O–H groups in total. The molecule has 0 unspecified atom stereocenters. The topological polar surface area (TPSA) is 48.1 Å². The number of anilines is 1. The summed E-state index contributed by atoms with van der Waals surface area (Å²) in [4.78, 5) is 3.73. The monoisotopic (exact) mass is 314 g/mol. The van der Waals surface area contributed by atoms with Gasteiger partial charge in [-0.1, -0.05) is 18.2 Å². The summed E-state index contributed by atoms with van der Waals surface area (Å²) in [6, 6.07) is 8.57. The molecule has 0 aliphatic heterocycles. The number of pyridine rings is 1. The molecule has 94 valence electrons. The summed E-state index contributed by atoms with van der Waals surface area (Å²) in [7, 11) is 0. The van der Waals surface area contributed by atoms with E-state index in [1.165, 1.54) is 36.5 Å². The van der Waals surface area contributed by atoms with E-state index in [4.69, 9.17) is 5.73 Å². The van der Waals surface area contributed by atoms with Crippen molar-refractivity contribution < 1.29 is 13.5 Å². The highest BCUT2D eigenvalue weighted by atomic mass is 79.9. The van der Waals surface area contributed by atoms with Crippen LogP contribution in [0.15, 0.2) is 47.1 Å². The van der Waals surface area contributed by atoms with Crippen molar-refractivity contribution in [2.24, 2.45) is 0 Å². The summed E-state index contributed by atoms with van der Waals surface area (Å²) in [5.74, 6) is -0.257. The summed E-state index contributed by atoms with van der Waals surface area (Å²) in [5.41, 5.74) is 5.24. The maximum Gasteiger partial charge on any atom is 0.426 e. The maximum atomic E-state index is 13.8. The van der Waals surface area contributed by atoms with Gasteiger partial charge in [-0.3, -0.25) is 0 Å². The quantitative estimate of drug-likeness (QED) is 0.942. The molecule has 0 saturated heterocycles. The summed E-state index contributed by atoms with van der Waals surface area (Å²) >= 11 is 3.12. The number of rotatable bonds is 3. The Morgan fingerprint density at radius 2 is 1.89 bits per heavy atom. The van der Waals surface area contributed by atoms with Gasteiger partial charge in [-0.15, -0.1) is 0 Å². The van der Waals surface area contributed by atoms with E-state index in [1.54, 1.807) is 6.07 Å². The van der Waals surface area contributed by atoms with Gasteiger partial charge in [-0.2, -0.15) is 8.78 Å². The Bertz CT molecular complexity index is 549. The third-order valence-corrected chi connectivity index (χ3v) is 2.63. The van der Waals surface area contributed by atoms with Crippen LogP contribution >= 0.6 is 15.9 Å². The SMILES string of the molecule is Nc1ncc(Br)cc1OC(F)(F)c1ccccc1. The average Bonchev–Trinajstić information content (AvgIpc) is 2.35. The lowest BCUT2D eigenvalue weighted by Crippen LogP contribution is -2.22. The van der Waals surface area contributed by atoms with Crippen molar-refractivity contribution in [2.45, 2.75) is 6.11 Å². The molecule has 0 bridgehead atoms. The Hall–Kier alpha value is -1.69. The first-order valence-corrected chi connectivity index (χ1v) is 5.82. The van der Waals surface area contributed by atoms with Crippen molar-refractivity contribution >= 4 is 21.7 Å². The molecule has 1 aromatic carbocycles. The Morgan fingerprint density at radius 3 is 2.56 bits per heavy atom. The Balaban J connectivity index is 2.30. The van der Waals surface area contributed by atoms with Crippen LogP contribution in [0.2, 0.25) is 0 Å². The molecule has 0 amide bonds. The minimum Gasteiger partial charge on any atom is -0.425 e. The number of nitrogens with two attached hydrogens (primary N) is 1. The third-order valence-electron chi connectivity index (χ3n) is 2.20. The van der Waals surface area contributed by atoms with Crippen LogP contribution in [0.25, 0.3) is 0 Å². The van der Waals surface area contributed by atoms with Crippen molar-refractivity contribution in [3.63, 3.8) is 0 Å². The van der Waals surface area contributed by atoms with Gasteiger partial charge in [-0.25, -0.2) is 4.98 Å². The smallest absolute Gasteiger partial charge is 0.425 e. The molecule has 1 aromatic heterocycles. The third kappa shape index (κ3) is 2.76. The second-order valence-electron chi connectivity index (χ2n) is 3.52. The second kappa shape index (κ2) is 4.89. The van der Waals surface area contributed by atoms with Crippen molar-refractivity contribution in [1.82, 2.24) is 4.98 Å². The molecule has 0 atom stereocenters. The molecule has 2 rings (SSSR count). The molecular weight excluding hydrogens is 306 g/mol. The zero-order valence-corrected chi connectivity index (χ0v) is 10.7. The van der Waals surface area contributed by atoms with E-state index in [0.717, 1.165) is 0 Å².